The van der Waals surface area contributed by atoms with E-state index in [0.717, 1.165) is 24.2 Å². The zero-order valence-electron chi connectivity index (χ0n) is 9.83. The molecule has 0 amide bonds. The van der Waals surface area contributed by atoms with E-state index in [1.54, 1.807) is 0 Å². The number of hydrogen-bond donors (Lipinski definition) is 4. The minimum atomic E-state index is -0.0780. The van der Waals surface area contributed by atoms with E-state index in [1.165, 1.54) is 0 Å². The van der Waals surface area contributed by atoms with E-state index in [4.69, 9.17) is 9.84 Å². The predicted molar refractivity (Wildman–Crippen MR) is 61.2 cm³/mol. The molecule has 90 valence electrons. The molecule has 0 spiro atoms. The molecule has 0 aromatic carbocycles. The van der Waals surface area contributed by atoms with E-state index in [2.05, 4.69) is 26.0 Å². The smallest absolute Gasteiger partial charge is 0.258 e. The van der Waals surface area contributed by atoms with Crippen molar-refractivity contribution in [3.05, 3.63) is 11.3 Å². The number of hydrazone groups is 1. The van der Waals surface area contributed by atoms with Crippen LogP contribution in [0.1, 0.15) is 18.2 Å². The lowest BCUT2D eigenvalue weighted by Gasteiger charge is -2.03. The molecule has 4 N–H and O–H groups in total. The molecular formula is C9H17N5O2. The van der Waals surface area contributed by atoms with E-state index in [1.807, 2.05) is 20.9 Å². The molecule has 2 rings (SSSR count). The van der Waals surface area contributed by atoms with Crippen LogP contribution >= 0.6 is 0 Å². The van der Waals surface area contributed by atoms with E-state index < -0.39 is 0 Å². The van der Waals surface area contributed by atoms with Crippen molar-refractivity contribution in [1.29, 1.82) is 0 Å². The molecule has 1 aromatic heterocycles. The highest BCUT2D eigenvalue weighted by Gasteiger charge is 2.21. The molecule has 0 saturated heterocycles. The van der Waals surface area contributed by atoms with E-state index in [-0.39, 0.29) is 6.23 Å². The van der Waals surface area contributed by atoms with E-state index in [9.17, 15) is 0 Å². The highest BCUT2D eigenvalue weighted by Crippen LogP contribution is 2.17. The third-order valence-corrected chi connectivity index (χ3v) is 2.10. The van der Waals surface area contributed by atoms with Crippen molar-refractivity contribution in [2.75, 3.05) is 19.5 Å². The van der Waals surface area contributed by atoms with Gasteiger partial charge in [-0.15, -0.1) is 5.10 Å². The first-order chi connectivity index (χ1) is 7.72. The predicted octanol–water partition coefficient (Wildman–Crippen LogP) is -0.00428. The number of aromatic amines is 1. The molecule has 0 radical (unpaired) electrons. The third-order valence-electron chi connectivity index (χ3n) is 2.10. The van der Waals surface area contributed by atoms with Crippen LogP contribution in [0.3, 0.4) is 0 Å². The Morgan fingerprint density at radius 1 is 1.44 bits per heavy atom. The van der Waals surface area contributed by atoms with Gasteiger partial charge in [-0.05, 0) is 13.8 Å². The van der Waals surface area contributed by atoms with E-state index >= 15 is 0 Å². The summed E-state index contributed by atoms with van der Waals surface area (Å²) >= 11 is 0. The first kappa shape index (κ1) is 12.3. The summed E-state index contributed by atoms with van der Waals surface area (Å²) < 4.78 is 5.43. The number of ether oxygens (including phenoxy) is 1. The van der Waals surface area contributed by atoms with Crippen LogP contribution in [0.4, 0.5) is 5.82 Å². The lowest BCUT2D eigenvalue weighted by atomic mass is 10.2. The summed E-state index contributed by atoms with van der Waals surface area (Å²) in [6.07, 6.45) is -0.0780. The number of aromatic nitrogens is 2. The van der Waals surface area contributed by atoms with Gasteiger partial charge in [0.25, 0.3) is 5.90 Å². The Kier molecular flexibility index (Phi) is 4.12. The zero-order valence-corrected chi connectivity index (χ0v) is 9.83. The second-order valence-corrected chi connectivity index (χ2v) is 3.13. The number of aliphatic hydroxyl groups is 1. The van der Waals surface area contributed by atoms with Crippen LogP contribution in [0.2, 0.25) is 0 Å². The second-order valence-electron chi connectivity index (χ2n) is 3.13. The van der Waals surface area contributed by atoms with Crippen LogP contribution < -0.4 is 10.7 Å². The van der Waals surface area contributed by atoms with Gasteiger partial charge >= 0.3 is 0 Å². The molecule has 7 nitrogen and oxygen atoms in total. The Morgan fingerprint density at radius 2 is 2.12 bits per heavy atom. The highest BCUT2D eigenvalue weighted by molar-refractivity contribution is 5.95. The first-order valence-electron chi connectivity index (χ1n) is 4.90. The van der Waals surface area contributed by atoms with Crippen molar-refractivity contribution < 1.29 is 9.84 Å². The molecule has 0 saturated carbocycles. The molecule has 0 fully saturated rings. The fourth-order valence-corrected chi connectivity index (χ4v) is 1.33. The van der Waals surface area contributed by atoms with Crippen LogP contribution in [-0.4, -0.2) is 41.6 Å². The molecule has 7 heteroatoms. The number of aliphatic hydroxyl groups excluding tert-OH is 1. The average molecular weight is 227 g/mol. The average Bonchev–Trinajstić information content (AvgIpc) is 2.87. The van der Waals surface area contributed by atoms with Crippen molar-refractivity contribution in [3.8, 4) is 0 Å². The maximum atomic E-state index is 7.00. The summed E-state index contributed by atoms with van der Waals surface area (Å²) in [6, 6.07) is 0. The maximum absolute atomic E-state index is 7.00. The zero-order chi connectivity index (χ0) is 12.1. The van der Waals surface area contributed by atoms with Gasteiger partial charge in [0, 0.05) is 19.7 Å². The fourth-order valence-electron chi connectivity index (χ4n) is 1.33. The monoisotopic (exact) mass is 227 g/mol. The van der Waals surface area contributed by atoms with Gasteiger partial charge in [-0.1, -0.05) is 0 Å². The van der Waals surface area contributed by atoms with Gasteiger partial charge in [0.1, 0.15) is 5.69 Å². The van der Waals surface area contributed by atoms with Crippen molar-refractivity contribution in [1.82, 2.24) is 15.6 Å². The number of rotatable bonds is 2. The van der Waals surface area contributed by atoms with Gasteiger partial charge in [-0.3, -0.25) is 10.5 Å². The van der Waals surface area contributed by atoms with Crippen LogP contribution in [0.15, 0.2) is 5.10 Å². The van der Waals surface area contributed by atoms with Crippen molar-refractivity contribution in [3.63, 3.8) is 0 Å². The fraction of sp³-hybridized carbons (Fsp3) is 0.556. The highest BCUT2D eigenvalue weighted by atomic mass is 16.5. The number of anilines is 1. The Hall–Kier alpha value is -1.76. The summed E-state index contributed by atoms with van der Waals surface area (Å²) in [5.41, 5.74) is 4.63. The van der Waals surface area contributed by atoms with Gasteiger partial charge in [0.15, 0.2) is 12.0 Å². The lowest BCUT2D eigenvalue weighted by molar-refractivity contribution is 0.208. The molecule has 1 unspecified atom stereocenters. The van der Waals surface area contributed by atoms with Gasteiger partial charge in [0.2, 0.25) is 0 Å². The summed E-state index contributed by atoms with van der Waals surface area (Å²) in [5.74, 6) is 1.37. The SMILES string of the molecule is CNc1n[nH]c(C2=NNC(C)O2)c1C.CO. The lowest BCUT2D eigenvalue weighted by Crippen LogP contribution is -2.16. The largest absolute Gasteiger partial charge is 0.450 e. The summed E-state index contributed by atoms with van der Waals surface area (Å²) in [7, 11) is 2.82. The minimum absolute atomic E-state index is 0.0780. The molecule has 0 bridgehead atoms. The quantitative estimate of drug-likeness (QED) is 0.570. The van der Waals surface area contributed by atoms with Gasteiger partial charge in [-0.25, -0.2) is 0 Å². The topological polar surface area (TPSA) is 94.6 Å². The van der Waals surface area contributed by atoms with Gasteiger partial charge in [0.05, 0.1) is 0 Å². The minimum Gasteiger partial charge on any atom is -0.450 e. The molecule has 16 heavy (non-hydrogen) atoms. The number of H-pyrrole nitrogens is 1. The normalized spacial score (nSPS) is 17.8. The summed E-state index contributed by atoms with van der Waals surface area (Å²) in [6.45, 7) is 3.85. The molecule has 0 aliphatic carbocycles. The van der Waals surface area contributed by atoms with Crippen molar-refractivity contribution in [2.45, 2.75) is 20.1 Å². The van der Waals surface area contributed by atoms with Gasteiger partial charge < -0.3 is 15.2 Å². The van der Waals surface area contributed by atoms with Crippen molar-refractivity contribution >= 4 is 11.7 Å². The summed E-state index contributed by atoms with van der Waals surface area (Å²) in [5, 5.41) is 21.0. The third kappa shape index (κ3) is 2.25. The Bertz CT molecular complexity index is 374. The standard InChI is InChI=1S/C8H13N5O.CH4O/c1-4-6(11-12-7(4)9-3)8-13-10-5(2)14-8;1-2/h5,10H,1-3H3,(H2,9,11,12);2H,1H3. The molecular weight excluding hydrogens is 210 g/mol. The molecule has 1 atom stereocenters. The first-order valence-corrected chi connectivity index (χ1v) is 4.90. The summed E-state index contributed by atoms with van der Waals surface area (Å²) in [4.78, 5) is 0. The Labute approximate surface area is 93.9 Å². The maximum Gasteiger partial charge on any atom is 0.258 e. The molecule has 1 aliphatic rings. The van der Waals surface area contributed by atoms with Gasteiger partial charge in [-0.2, -0.15) is 5.10 Å². The number of nitrogens with one attached hydrogen (secondary N) is 3. The van der Waals surface area contributed by atoms with Crippen LogP contribution in [0.25, 0.3) is 0 Å². The van der Waals surface area contributed by atoms with Crippen molar-refractivity contribution in [2.24, 2.45) is 5.10 Å². The second kappa shape index (κ2) is 5.36. The molecule has 1 aliphatic heterocycles. The Balaban J connectivity index is 0.000000606. The molecule has 2 heterocycles. The van der Waals surface area contributed by atoms with Crippen LogP contribution in [0, 0.1) is 6.92 Å². The molecule has 1 aromatic rings. The number of nitrogens with zero attached hydrogens (tertiary/aromatic N) is 2. The van der Waals surface area contributed by atoms with Crippen LogP contribution in [-0.2, 0) is 4.74 Å². The van der Waals surface area contributed by atoms with E-state index in [0.29, 0.717) is 5.90 Å². The van der Waals surface area contributed by atoms with Crippen LogP contribution in [0.5, 0.6) is 0 Å². The Morgan fingerprint density at radius 3 is 2.56 bits per heavy atom. The number of hydrogen-bond acceptors (Lipinski definition) is 6.